The summed E-state index contributed by atoms with van der Waals surface area (Å²) in [5, 5.41) is 0. The number of likely N-dealkylation sites (tertiary alicyclic amines) is 1. The van der Waals surface area contributed by atoms with Crippen LogP contribution in [0.4, 0.5) is 0 Å². The predicted molar refractivity (Wildman–Crippen MR) is 90.6 cm³/mol. The van der Waals surface area contributed by atoms with Gasteiger partial charge in [0.25, 0.3) is 5.91 Å². The van der Waals surface area contributed by atoms with Crippen molar-refractivity contribution in [2.45, 2.75) is 45.2 Å². The second kappa shape index (κ2) is 7.81. The normalized spacial score (nSPS) is 21.0. The van der Waals surface area contributed by atoms with Gasteiger partial charge in [-0.05, 0) is 67.2 Å². The second-order valence-electron chi connectivity index (χ2n) is 5.86. The zero-order valence-corrected chi connectivity index (χ0v) is 15.3. The maximum atomic E-state index is 12.4. The Morgan fingerprint density at radius 2 is 1.91 bits per heavy atom. The average molecular weight is 384 g/mol. The zero-order chi connectivity index (χ0) is 17.0. The topological polar surface area (TPSA) is 55.8 Å². The average Bonchev–Trinajstić information content (AvgIpc) is 2.52. The van der Waals surface area contributed by atoms with Crippen molar-refractivity contribution in [1.29, 1.82) is 0 Å². The molecule has 1 aromatic carbocycles. The lowest BCUT2D eigenvalue weighted by Gasteiger charge is -2.39. The summed E-state index contributed by atoms with van der Waals surface area (Å²) in [4.78, 5) is 25.8. The monoisotopic (exact) mass is 383 g/mol. The molecular weight excluding hydrogens is 362 g/mol. The van der Waals surface area contributed by atoms with E-state index in [-0.39, 0.29) is 24.6 Å². The molecule has 0 aliphatic carbocycles. The first-order valence-corrected chi connectivity index (χ1v) is 8.55. The van der Waals surface area contributed by atoms with Gasteiger partial charge in [-0.2, -0.15) is 0 Å². The Labute approximate surface area is 145 Å². The highest BCUT2D eigenvalue weighted by atomic mass is 79.9. The van der Waals surface area contributed by atoms with Gasteiger partial charge in [0.15, 0.2) is 6.61 Å². The Hall–Kier alpha value is -1.56. The van der Waals surface area contributed by atoms with E-state index in [1.807, 2.05) is 4.90 Å². The van der Waals surface area contributed by atoms with Crippen LogP contribution in [-0.4, -0.2) is 42.6 Å². The summed E-state index contributed by atoms with van der Waals surface area (Å²) < 4.78 is 10.9. The summed E-state index contributed by atoms with van der Waals surface area (Å²) in [7, 11) is 1.33. The van der Waals surface area contributed by atoms with Crippen LogP contribution in [-0.2, 0) is 9.53 Å². The number of benzene rings is 1. The molecule has 1 aliphatic heterocycles. The summed E-state index contributed by atoms with van der Waals surface area (Å²) in [5.74, 6) is 0.112. The van der Waals surface area contributed by atoms with E-state index in [1.54, 1.807) is 18.2 Å². The van der Waals surface area contributed by atoms with Gasteiger partial charge in [0.1, 0.15) is 5.75 Å². The summed E-state index contributed by atoms with van der Waals surface area (Å²) in [5.41, 5.74) is 0.427. The number of methoxy groups -OCH3 is 1. The van der Waals surface area contributed by atoms with Crippen LogP contribution in [0.15, 0.2) is 22.7 Å². The summed E-state index contributed by atoms with van der Waals surface area (Å²) in [6, 6.07) is 5.40. The first-order valence-electron chi connectivity index (χ1n) is 7.76. The molecule has 0 bridgehead atoms. The van der Waals surface area contributed by atoms with Crippen LogP contribution in [0.1, 0.15) is 43.5 Å². The number of piperidine rings is 1. The highest BCUT2D eigenvalue weighted by molar-refractivity contribution is 9.10. The molecule has 2 rings (SSSR count). The van der Waals surface area contributed by atoms with E-state index in [0.717, 1.165) is 19.3 Å². The molecule has 0 radical (unpaired) electrons. The summed E-state index contributed by atoms with van der Waals surface area (Å²) >= 11 is 3.36. The van der Waals surface area contributed by atoms with Crippen molar-refractivity contribution in [3.63, 3.8) is 0 Å². The van der Waals surface area contributed by atoms with E-state index < -0.39 is 5.97 Å². The van der Waals surface area contributed by atoms with Crippen molar-refractivity contribution >= 4 is 27.8 Å². The van der Waals surface area contributed by atoms with Gasteiger partial charge in [-0.3, -0.25) is 4.79 Å². The molecular formula is C17H22BrNO4. The lowest BCUT2D eigenvalue weighted by atomic mass is 9.97. The molecule has 1 aliphatic rings. The highest BCUT2D eigenvalue weighted by Gasteiger charge is 2.29. The standard InChI is InChI=1S/C17H22BrNO4/c1-11-5-4-6-12(2)19(11)16(20)10-23-15-8-7-13(9-14(15)18)17(21)22-3/h7-9,11-12H,4-6,10H2,1-3H3. The Kier molecular flexibility index (Phi) is 6.04. The lowest BCUT2D eigenvalue weighted by molar-refractivity contribution is -0.139. The molecule has 1 aromatic rings. The number of carbonyl (C=O) groups is 2. The van der Waals surface area contributed by atoms with E-state index in [4.69, 9.17) is 4.74 Å². The number of rotatable bonds is 4. The third-order valence-electron chi connectivity index (χ3n) is 4.19. The van der Waals surface area contributed by atoms with E-state index in [0.29, 0.717) is 15.8 Å². The fourth-order valence-corrected chi connectivity index (χ4v) is 3.48. The molecule has 5 nitrogen and oxygen atoms in total. The van der Waals surface area contributed by atoms with Crippen LogP contribution in [0.5, 0.6) is 5.75 Å². The van der Waals surface area contributed by atoms with Crippen molar-refractivity contribution in [3.05, 3.63) is 28.2 Å². The summed E-state index contributed by atoms with van der Waals surface area (Å²) in [6.07, 6.45) is 3.23. The SMILES string of the molecule is COC(=O)c1ccc(OCC(=O)N2C(C)CCCC2C)c(Br)c1. The van der Waals surface area contributed by atoms with Gasteiger partial charge >= 0.3 is 5.97 Å². The quantitative estimate of drug-likeness (QED) is 0.747. The van der Waals surface area contributed by atoms with E-state index in [1.165, 1.54) is 7.11 Å². The number of hydrogen-bond donors (Lipinski definition) is 0. The van der Waals surface area contributed by atoms with Crippen molar-refractivity contribution in [3.8, 4) is 5.75 Å². The molecule has 1 saturated heterocycles. The summed E-state index contributed by atoms with van der Waals surface area (Å²) in [6.45, 7) is 4.15. The van der Waals surface area contributed by atoms with Crippen LogP contribution in [0.3, 0.4) is 0 Å². The highest BCUT2D eigenvalue weighted by Crippen LogP contribution is 2.27. The third-order valence-corrected chi connectivity index (χ3v) is 4.81. The first-order chi connectivity index (χ1) is 10.9. The van der Waals surface area contributed by atoms with Gasteiger partial charge in [0.05, 0.1) is 17.1 Å². The molecule has 0 N–H and O–H groups in total. The Morgan fingerprint density at radius 1 is 1.26 bits per heavy atom. The molecule has 6 heteroatoms. The number of halogens is 1. The molecule has 2 unspecified atom stereocenters. The predicted octanol–water partition coefficient (Wildman–Crippen LogP) is 3.40. The van der Waals surface area contributed by atoms with E-state index in [2.05, 4.69) is 34.5 Å². The van der Waals surface area contributed by atoms with Crippen LogP contribution in [0.2, 0.25) is 0 Å². The van der Waals surface area contributed by atoms with Crippen molar-refractivity contribution in [2.24, 2.45) is 0 Å². The molecule has 1 fully saturated rings. The smallest absolute Gasteiger partial charge is 0.337 e. The van der Waals surface area contributed by atoms with Gasteiger partial charge < -0.3 is 14.4 Å². The van der Waals surface area contributed by atoms with Gasteiger partial charge in [0, 0.05) is 12.1 Å². The Bertz CT molecular complexity index is 580. The number of esters is 1. The minimum Gasteiger partial charge on any atom is -0.483 e. The molecule has 0 spiro atoms. The van der Waals surface area contributed by atoms with E-state index in [9.17, 15) is 9.59 Å². The van der Waals surface area contributed by atoms with Crippen LogP contribution < -0.4 is 4.74 Å². The minimum absolute atomic E-state index is 0.00588. The van der Waals surface area contributed by atoms with Crippen LogP contribution in [0.25, 0.3) is 0 Å². The molecule has 0 saturated carbocycles. The van der Waals surface area contributed by atoms with Gasteiger partial charge in [-0.1, -0.05) is 0 Å². The second-order valence-corrected chi connectivity index (χ2v) is 6.71. The maximum absolute atomic E-state index is 12.4. The number of carbonyl (C=O) groups excluding carboxylic acids is 2. The van der Waals surface area contributed by atoms with E-state index >= 15 is 0 Å². The molecule has 126 valence electrons. The lowest BCUT2D eigenvalue weighted by Crippen LogP contribution is -2.49. The Morgan fingerprint density at radius 3 is 2.48 bits per heavy atom. The molecule has 23 heavy (non-hydrogen) atoms. The first kappa shape index (κ1) is 17.8. The molecule has 1 heterocycles. The van der Waals surface area contributed by atoms with Gasteiger partial charge in [-0.15, -0.1) is 0 Å². The van der Waals surface area contributed by atoms with Crippen LogP contribution >= 0.6 is 15.9 Å². The number of ether oxygens (including phenoxy) is 2. The van der Waals surface area contributed by atoms with Crippen molar-refractivity contribution in [2.75, 3.05) is 13.7 Å². The third kappa shape index (κ3) is 4.25. The minimum atomic E-state index is -0.413. The van der Waals surface area contributed by atoms with Crippen LogP contribution in [0, 0.1) is 0 Å². The maximum Gasteiger partial charge on any atom is 0.337 e. The zero-order valence-electron chi connectivity index (χ0n) is 13.7. The van der Waals surface area contributed by atoms with Crippen molar-refractivity contribution < 1.29 is 19.1 Å². The Balaban J connectivity index is 2.00. The number of nitrogens with zero attached hydrogens (tertiary/aromatic N) is 1. The molecule has 2 atom stereocenters. The number of amides is 1. The molecule has 1 amide bonds. The fourth-order valence-electron chi connectivity index (χ4n) is 2.99. The van der Waals surface area contributed by atoms with Crippen molar-refractivity contribution in [1.82, 2.24) is 4.90 Å². The van der Waals surface area contributed by atoms with Gasteiger partial charge in [0.2, 0.25) is 0 Å². The largest absolute Gasteiger partial charge is 0.483 e. The number of hydrogen-bond acceptors (Lipinski definition) is 4. The van der Waals surface area contributed by atoms with Gasteiger partial charge in [-0.25, -0.2) is 4.79 Å². The fraction of sp³-hybridized carbons (Fsp3) is 0.529. The molecule has 0 aromatic heterocycles.